The number of fused-ring (bicyclic) bond motifs is 1. The Morgan fingerprint density at radius 3 is 2.43 bits per heavy atom. The molecule has 156 valence electrons. The highest BCUT2D eigenvalue weighted by Crippen LogP contribution is 2.39. The summed E-state index contributed by atoms with van der Waals surface area (Å²) in [4.78, 5) is 23.7. The van der Waals surface area contributed by atoms with Crippen LogP contribution >= 0.6 is 0 Å². The zero-order chi connectivity index (χ0) is 21.6. The minimum Gasteiger partial charge on any atom is -0.475 e. The molecule has 0 bridgehead atoms. The van der Waals surface area contributed by atoms with Crippen LogP contribution in [0.15, 0.2) is 48.7 Å². The van der Waals surface area contributed by atoms with E-state index >= 15 is 0 Å². The third-order valence-electron chi connectivity index (χ3n) is 5.86. The molecule has 2 aromatic carbocycles. The molecular formula is C23H20F3NO3. The average Bonchev–Trinajstić information content (AvgIpc) is 3.29. The Morgan fingerprint density at radius 2 is 1.80 bits per heavy atom. The molecule has 4 nitrogen and oxygen atoms in total. The van der Waals surface area contributed by atoms with Gasteiger partial charge in [-0.1, -0.05) is 25.1 Å². The lowest BCUT2D eigenvalue weighted by atomic mass is 9.99. The van der Waals surface area contributed by atoms with Gasteiger partial charge in [0, 0.05) is 23.1 Å². The molecule has 4 rings (SSSR count). The maximum Gasteiger partial charge on any atom is 0.416 e. The highest BCUT2D eigenvalue weighted by atomic mass is 19.4. The first-order chi connectivity index (χ1) is 14.1. The summed E-state index contributed by atoms with van der Waals surface area (Å²) in [5, 5.41) is 9.68. The second-order valence-corrected chi connectivity index (χ2v) is 7.97. The Morgan fingerprint density at radius 1 is 1.07 bits per heavy atom. The molecule has 0 spiro atoms. The summed E-state index contributed by atoms with van der Waals surface area (Å²) in [5.74, 6) is -2.04. The highest BCUT2D eigenvalue weighted by molar-refractivity contribution is 6.42. The number of hydrogen-bond acceptors (Lipinski definition) is 2. The normalized spacial score (nSPS) is 19.3. The molecule has 7 heteroatoms. The SMILES string of the molecule is CC1CCC(n2cc(C(=O)C(=O)O)c3cc(-c4cccc(C(F)(F)F)c4)ccc32)C1. The fourth-order valence-corrected chi connectivity index (χ4v) is 4.34. The van der Waals surface area contributed by atoms with Gasteiger partial charge in [-0.15, -0.1) is 0 Å². The van der Waals surface area contributed by atoms with Crippen molar-refractivity contribution in [1.29, 1.82) is 0 Å². The van der Waals surface area contributed by atoms with E-state index in [1.54, 1.807) is 30.5 Å². The summed E-state index contributed by atoms with van der Waals surface area (Å²) < 4.78 is 41.2. The Kier molecular flexibility index (Phi) is 4.92. The van der Waals surface area contributed by atoms with Crippen LogP contribution in [0.25, 0.3) is 22.0 Å². The van der Waals surface area contributed by atoms with Crippen molar-refractivity contribution in [3.8, 4) is 11.1 Å². The van der Waals surface area contributed by atoms with Gasteiger partial charge in [0.1, 0.15) is 0 Å². The number of alkyl halides is 3. The zero-order valence-corrected chi connectivity index (χ0v) is 16.2. The van der Waals surface area contributed by atoms with E-state index in [0.717, 1.165) is 36.9 Å². The average molecular weight is 415 g/mol. The standard InChI is InChI=1S/C23H20F3NO3/c1-13-5-7-17(9-13)27-12-19(21(28)22(29)30)18-11-15(6-8-20(18)27)14-3-2-4-16(10-14)23(24,25)26/h2-4,6,8,10-13,17H,5,7,9H2,1H3,(H,29,30). The molecule has 2 atom stereocenters. The number of carboxylic acid groups (broad SMARTS) is 1. The van der Waals surface area contributed by atoms with Crippen LogP contribution in [0.5, 0.6) is 0 Å². The van der Waals surface area contributed by atoms with Crippen molar-refractivity contribution < 1.29 is 27.9 Å². The molecule has 1 N–H and O–H groups in total. The van der Waals surface area contributed by atoms with Crippen molar-refractivity contribution in [2.24, 2.45) is 5.92 Å². The van der Waals surface area contributed by atoms with Crippen LogP contribution in [0, 0.1) is 5.92 Å². The summed E-state index contributed by atoms with van der Waals surface area (Å²) in [6.45, 7) is 2.15. The van der Waals surface area contributed by atoms with Gasteiger partial charge in [0.25, 0.3) is 5.78 Å². The van der Waals surface area contributed by atoms with E-state index in [1.807, 2.05) is 4.57 Å². The molecule has 3 aromatic rings. The predicted octanol–water partition coefficient (Wildman–Crippen LogP) is 5.96. The van der Waals surface area contributed by atoms with Crippen molar-refractivity contribution in [1.82, 2.24) is 4.57 Å². The molecule has 1 aliphatic rings. The predicted molar refractivity (Wildman–Crippen MR) is 106 cm³/mol. The molecular weight excluding hydrogens is 395 g/mol. The topological polar surface area (TPSA) is 59.3 Å². The Hall–Kier alpha value is -3.09. The van der Waals surface area contributed by atoms with Gasteiger partial charge in [0.05, 0.1) is 11.1 Å². The number of nitrogens with zero attached hydrogens (tertiary/aromatic N) is 1. The van der Waals surface area contributed by atoms with Gasteiger partial charge < -0.3 is 9.67 Å². The number of Topliss-reactive ketones (excluding diaryl/α,β-unsaturated/α-hetero) is 1. The number of benzene rings is 2. The van der Waals surface area contributed by atoms with Crippen LogP contribution in [0.2, 0.25) is 0 Å². The Bertz CT molecular complexity index is 1150. The second-order valence-electron chi connectivity index (χ2n) is 7.97. The zero-order valence-electron chi connectivity index (χ0n) is 16.2. The number of halogens is 3. The van der Waals surface area contributed by atoms with Crippen LogP contribution in [-0.2, 0) is 11.0 Å². The summed E-state index contributed by atoms with van der Waals surface area (Å²) in [7, 11) is 0. The van der Waals surface area contributed by atoms with E-state index in [9.17, 15) is 27.9 Å². The molecule has 1 aliphatic carbocycles. The van der Waals surface area contributed by atoms with Gasteiger partial charge in [-0.3, -0.25) is 4.79 Å². The van der Waals surface area contributed by atoms with Crippen molar-refractivity contribution >= 4 is 22.7 Å². The maximum absolute atomic E-state index is 13.1. The first kappa shape index (κ1) is 20.2. The van der Waals surface area contributed by atoms with Gasteiger partial charge in [-0.05, 0) is 60.6 Å². The first-order valence-electron chi connectivity index (χ1n) is 9.75. The summed E-state index contributed by atoms with van der Waals surface area (Å²) in [6.07, 6.45) is 0.0303. The van der Waals surface area contributed by atoms with Gasteiger partial charge >= 0.3 is 12.1 Å². The maximum atomic E-state index is 13.1. The molecule has 0 saturated heterocycles. The van der Waals surface area contributed by atoms with Gasteiger partial charge in [-0.2, -0.15) is 13.2 Å². The van der Waals surface area contributed by atoms with E-state index in [1.165, 1.54) is 6.07 Å². The van der Waals surface area contributed by atoms with E-state index in [-0.39, 0.29) is 11.6 Å². The molecule has 0 aliphatic heterocycles. The lowest BCUT2D eigenvalue weighted by Crippen LogP contribution is -2.12. The molecule has 0 radical (unpaired) electrons. The van der Waals surface area contributed by atoms with Crippen LogP contribution in [0.3, 0.4) is 0 Å². The Labute approximate surface area is 170 Å². The third kappa shape index (κ3) is 3.60. The molecule has 0 amide bonds. The smallest absolute Gasteiger partial charge is 0.416 e. The number of carbonyl (C=O) groups is 2. The molecule has 30 heavy (non-hydrogen) atoms. The molecule has 1 saturated carbocycles. The van der Waals surface area contributed by atoms with Crippen LogP contribution in [-0.4, -0.2) is 21.4 Å². The summed E-state index contributed by atoms with van der Waals surface area (Å²) in [5.41, 5.74) is 0.855. The van der Waals surface area contributed by atoms with E-state index < -0.39 is 23.5 Å². The minimum absolute atomic E-state index is 0.0610. The van der Waals surface area contributed by atoms with Crippen LogP contribution < -0.4 is 0 Å². The fourth-order valence-electron chi connectivity index (χ4n) is 4.34. The van der Waals surface area contributed by atoms with Crippen molar-refractivity contribution in [2.75, 3.05) is 0 Å². The number of aliphatic carboxylic acids is 1. The fraction of sp³-hybridized carbons (Fsp3) is 0.304. The number of ketones is 1. The third-order valence-corrected chi connectivity index (χ3v) is 5.86. The van der Waals surface area contributed by atoms with Crippen molar-refractivity contribution in [3.63, 3.8) is 0 Å². The van der Waals surface area contributed by atoms with Crippen molar-refractivity contribution in [3.05, 3.63) is 59.8 Å². The van der Waals surface area contributed by atoms with Crippen molar-refractivity contribution in [2.45, 2.75) is 38.4 Å². The lowest BCUT2D eigenvalue weighted by molar-refractivity contribution is -0.137. The number of hydrogen-bond donors (Lipinski definition) is 1. The number of aromatic nitrogens is 1. The number of rotatable bonds is 4. The molecule has 1 aromatic heterocycles. The number of carbonyl (C=O) groups excluding carboxylic acids is 1. The quantitative estimate of drug-likeness (QED) is 0.423. The van der Waals surface area contributed by atoms with Gasteiger partial charge in [0.2, 0.25) is 0 Å². The monoisotopic (exact) mass is 415 g/mol. The molecule has 1 fully saturated rings. The second kappa shape index (κ2) is 7.31. The lowest BCUT2D eigenvalue weighted by Gasteiger charge is -2.14. The highest BCUT2D eigenvalue weighted by Gasteiger charge is 2.31. The minimum atomic E-state index is -4.47. The van der Waals surface area contributed by atoms with E-state index in [0.29, 0.717) is 22.4 Å². The largest absolute Gasteiger partial charge is 0.475 e. The first-order valence-corrected chi connectivity index (χ1v) is 9.75. The van der Waals surface area contributed by atoms with E-state index in [2.05, 4.69) is 6.92 Å². The molecule has 1 heterocycles. The summed E-state index contributed by atoms with van der Waals surface area (Å²) in [6, 6.07) is 10.2. The van der Waals surface area contributed by atoms with Gasteiger partial charge in [0.15, 0.2) is 0 Å². The van der Waals surface area contributed by atoms with E-state index in [4.69, 9.17) is 0 Å². The molecule has 2 unspecified atom stereocenters. The van der Waals surface area contributed by atoms with Gasteiger partial charge in [-0.25, -0.2) is 4.79 Å². The number of carboxylic acids is 1. The van der Waals surface area contributed by atoms with Crippen LogP contribution in [0.1, 0.15) is 48.1 Å². The van der Waals surface area contributed by atoms with Crippen LogP contribution in [0.4, 0.5) is 13.2 Å². The Balaban J connectivity index is 1.86. The summed E-state index contributed by atoms with van der Waals surface area (Å²) >= 11 is 0.